The number of ketones is 1. The number of rotatable bonds is 12. The Morgan fingerprint density at radius 2 is 1.65 bits per heavy atom. The maximum atomic E-state index is 11.3. The van der Waals surface area contributed by atoms with Crippen molar-refractivity contribution in [1.29, 1.82) is 0 Å². The van der Waals surface area contributed by atoms with Crippen molar-refractivity contribution in [3.63, 3.8) is 0 Å². The predicted octanol–water partition coefficient (Wildman–Crippen LogP) is 2.49. The van der Waals surface area contributed by atoms with Crippen LogP contribution in [0.15, 0.2) is 0 Å². The third-order valence-electron chi connectivity index (χ3n) is 2.31. The van der Waals surface area contributed by atoms with Crippen molar-refractivity contribution in [2.45, 2.75) is 58.7 Å². The summed E-state index contributed by atoms with van der Waals surface area (Å²) in [6.45, 7) is 5.35. The van der Waals surface area contributed by atoms with Crippen molar-refractivity contribution in [2.75, 3.05) is 13.2 Å². The zero-order valence-electron chi connectivity index (χ0n) is 10.9. The smallest absolute Gasteiger partial charge is 0.164 e. The summed E-state index contributed by atoms with van der Waals surface area (Å²) in [5.74, 6) is -0.127. The average Bonchev–Trinajstić information content (AvgIpc) is 2.29. The summed E-state index contributed by atoms with van der Waals surface area (Å²) < 4.78 is 11.0. The van der Waals surface area contributed by atoms with Gasteiger partial charge < -0.3 is 14.3 Å². The lowest BCUT2D eigenvalue weighted by Gasteiger charge is -2.17. The maximum absolute atomic E-state index is 11.3. The van der Waals surface area contributed by atoms with E-state index in [-0.39, 0.29) is 18.6 Å². The average molecular weight is 244 g/mol. The normalized spacial score (nSPS) is 10.8. The van der Waals surface area contributed by atoms with Crippen molar-refractivity contribution in [3.8, 4) is 0 Å². The highest BCUT2D eigenvalue weighted by atomic mass is 16.7. The quantitative estimate of drug-likeness (QED) is 0.229. The molecular formula is C13H24O4. The first-order valence-electron chi connectivity index (χ1n) is 6.43. The molecule has 0 bridgehead atoms. The van der Waals surface area contributed by atoms with Crippen LogP contribution in [0.2, 0.25) is 0 Å². The van der Waals surface area contributed by atoms with Crippen LogP contribution in [0.5, 0.6) is 0 Å². The maximum Gasteiger partial charge on any atom is 0.164 e. The lowest BCUT2D eigenvalue weighted by atomic mass is 10.2. The van der Waals surface area contributed by atoms with Gasteiger partial charge in [0.25, 0.3) is 0 Å². The highest BCUT2D eigenvalue weighted by molar-refractivity contribution is 5.89. The van der Waals surface area contributed by atoms with Gasteiger partial charge in [-0.2, -0.15) is 0 Å². The second-order valence-electron chi connectivity index (χ2n) is 3.99. The molecule has 100 valence electrons. The molecular weight excluding hydrogens is 220 g/mol. The molecule has 0 atom stereocenters. The Morgan fingerprint density at radius 1 is 1.12 bits per heavy atom. The molecule has 0 aliphatic heterocycles. The SMILES string of the molecule is CCCCOC(CC(=O)CC=O)OCCCC. The van der Waals surface area contributed by atoms with E-state index < -0.39 is 6.29 Å². The molecule has 0 saturated carbocycles. The number of ether oxygens (including phenoxy) is 2. The Labute approximate surface area is 104 Å². The molecule has 0 N–H and O–H groups in total. The van der Waals surface area contributed by atoms with Gasteiger partial charge in [-0.1, -0.05) is 26.7 Å². The Bertz CT molecular complexity index is 194. The summed E-state index contributed by atoms with van der Waals surface area (Å²) in [5.41, 5.74) is 0. The van der Waals surface area contributed by atoms with E-state index in [9.17, 15) is 9.59 Å². The van der Waals surface area contributed by atoms with Gasteiger partial charge in [0.2, 0.25) is 0 Å². The molecule has 0 aliphatic carbocycles. The van der Waals surface area contributed by atoms with E-state index in [2.05, 4.69) is 13.8 Å². The van der Waals surface area contributed by atoms with Crippen molar-refractivity contribution in [1.82, 2.24) is 0 Å². The van der Waals surface area contributed by atoms with E-state index in [4.69, 9.17) is 9.47 Å². The molecule has 4 nitrogen and oxygen atoms in total. The molecule has 0 unspecified atom stereocenters. The van der Waals surface area contributed by atoms with E-state index in [1.807, 2.05) is 0 Å². The van der Waals surface area contributed by atoms with Gasteiger partial charge in [0.05, 0.1) is 12.8 Å². The van der Waals surface area contributed by atoms with Crippen molar-refractivity contribution in [3.05, 3.63) is 0 Å². The van der Waals surface area contributed by atoms with E-state index in [1.54, 1.807) is 0 Å². The first-order chi connectivity index (χ1) is 8.24. The molecule has 0 aromatic carbocycles. The zero-order valence-corrected chi connectivity index (χ0v) is 10.9. The van der Waals surface area contributed by atoms with Crippen molar-refractivity contribution >= 4 is 12.1 Å². The first-order valence-corrected chi connectivity index (χ1v) is 6.43. The topological polar surface area (TPSA) is 52.6 Å². The predicted molar refractivity (Wildman–Crippen MR) is 65.8 cm³/mol. The number of aldehydes is 1. The minimum absolute atomic E-state index is 0.0508. The molecule has 4 heteroatoms. The number of hydrogen-bond donors (Lipinski definition) is 0. The fourth-order valence-electron chi connectivity index (χ4n) is 1.25. The number of unbranched alkanes of at least 4 members (excludes halogenated alkanes) is 2. The minimum Gasteiger partial charge on any atom is -0.352 e. The van der Waals surface area contributed by atoms with Crippen LogP contribution in [-0.2, 0) is 19.1 Å². The van der Waals surface area contributed by atoms with Gasteiger partial charge in [0, 0.05) is 13.2 Å². The summed E-state index contributed by atoms with van der Waals surface area (Å²) >= 11 is 0. The summed E-state index contributed by atoms with van der Waals surface area (Å²) in [6.07, 6.45) is 4.26. The zero-order chi connectivity index (χ0) is 12.9. The highest BCUT2D eigenvalue weighted by Gasteiger charge is 2.14. The lowest BCUT2D eigenvalue weighted by Crippen LogP contribution is -2.22. The molecule has 0 saturated heterocycles. The Balaban J connectivity index is 3.90. The van der Waals surface area contributed by atoms with E-state index in [1.165, 1.54) is 0 Å². The lowest BCUT2D eigenvalue weighted by molar-refractivity contribution is -0.156. The molecule has 0 amide bonds. The molecule has 0 radical (unpaired) electrons. The fraction of sp³-hybridized carbons (Fsp3) is 0.846. The third kappa shape index (κ3) is 10.1. The van der Waals surface area contributed by atoms with Crippen LogP contribution in [0.4, 0.5) is 0 Å². The van der Waals surface area contributed by atoms with E-state index in [0.29, 0.717) is 19.5 Å². The molecule has 0 aromatic rings. The number of carbonyl (C=O) groups is 2. The summed E-state index contributed by atoms with van der Waals surface area (Å²) in [4.78, 5) is 21.5. The van der Waals surface area contributed by atoms with Crippen LogP contribution < -0.4 is 0 Å². The number of Topliss-reactive ketones (excluding diaryl/α,β-unsaturated/α-hetero) is 1. The highest BCUT2D eigenvalue weighted by Crippen LogP contribution is 2.06. The monoisotopic (exact) mass is 244 g/mol. The second-order valence-corrected chi connectivity index (χ2v) is 3.99. The largest absolute Gasteiger partial charge is 0.352 e. The van der Waals surface area contributed by atoms with Gasteiger partial charge in [0.15, 0.2) is 6.29 Å². The molecule has 0 rings (SSSR count). The Morgan fingerprint density at radius 3 is 2.06 bits per heavy atom. The Hall–Kier alpha value is -0.740. The standard InChI is InChI=1S/C13H24O4/c1-3-5-9-16-13(17-10-6-4-2)11-12(15)7-8-14/h8,13H,3-7,9-11H2,1-2H3. The van der Waals surface area contributed by atoms with Crippen molar-refractivity contribution < 1.29 is 19.1 Å². The molecule has 17 heavy (non-hydrogen) atoms. The molecule has 0 spiro atoms. The van der Waals surface area contributed by atoms with E-state index in [0.717, 1.165) is 25.7 Å². The molecule has 0 aliphatic rings. The van der Waals surface area contributed by atoms with Gasteiger partial charge in [-0.15, -0.1) is 0 Å². The Kier molecular flexibility index (Phi) is 11.2. The van der Waals surface area contributed by atoms with Gasteiger partial charge >= 0.3 is 0 Å². The number of hydrogen-bond acceptors (Lipinski definition) is 4. The molecule has 0 fully saturated rings. The minimum atomic E-state index is -0.486. The second kappa shape index (κ2) is 11.7. The van der Waals surface area contributed by atoms with Crippen LogP contribution in [-0.4, -0.2) is 31.6 Å². The summed E-state index contributed by atoms with van der Waals surface area (Å²) in [7, 11) is 0. The van der Waals surface area contributed by atoms with Crippen LogP contribution in [0.25, 0.3) is 0 Å². The fourth-order valence-corrected chi connectivity index (χ4v) is 1.25. The van der Waals surface area contributed by atoms with Crippen LogP contribution in [0.1, 0.15) is 52.4 Å². The third-order valence-corrected chi connectivity index (χ3v) is 2.31. The van der Waals surface area contributed by atoms with Gasteiger partial charge in [-0.05, 0) is 12.8 Å². The van der Waals surface area contributed by atoms with Gasteiger partial charge in [-0.25, -0.2) is 0 Å². The van der Waals surface area contributed by atoms with Gasteiger partial charge in [0.1, 0.15) is 12.1 Å². The van der Waals surface area contributed by atoms with Gasteiger partial charge in [-0.3, -0.25) is 4.79 Å². The van der Waals surface area contributed by atoms with Crippen LogP contribution in [0, 0.1) is 0 Å². The van der Waals surface area contributed by atoms with E-state index >= 15 is 0 Å². The number of carbonyl (C=O) groups excluding carboxylic acids is 2. The van der Waals surface area contributed by atoms with Crippen LogP contribution in [0.3, 0.4) is 0 Å². The van der Waals surface area contributed by atoms with Crippen molar-refractivity contribution in [2.24, 2.45) is 0 Å². The molecule has 0 heterocycles. The summed E-state index contributed by atoms with van der Waals surface area (Å²) in [6, 6.07) is 0. The first kappa shape index (κ1) is 16.3. The van der Waals surface area contributed by atoms with Crippen LogP contribution >= 0.6 is 0 Å². The summed E-state index contributed by atoms with van der Waals surface area (Å²) in [5, 5.41) is 0. The molecule has 0 aromatic heterocycles.